The van der Waals surface area contributed by atoms with Crippen LogP contribution in [0.15, 0.2) is 42.6 Å². The molecule has 0 atom stereocenters. The van der Waals surface area contributed by atoms with Crippen molar-refractivity contribution in [2.45, 2.75) is 33.1 Å². The topological polar surface area (TPSA) is 59.1 Å². The Hall–Kier alpha value is -2.53. The van der Waals surface area contributed by atoms with Crippen LogP contribution in [-0.4, -0.2) is 23.2 Å². The van der Waals surface area contributed by atoms with E-state index in [0.29, 0.717) is 6.54 Å². The first-order valence-electron chi connectivity index (χ1n) is 8.74. The molecule has 0 radical (unpaired) electrons. The highest BCUT2D eigenvalue weighted by atomic mass is 32.1. The zero-order valence-corrected chi connectivity index (χ0v) is 15.9. The number of hydrogen-bond acceptors (Lipinski definition) is 4. The van der Waals surface area contributed by atoms with Gasteiger partial charge in [0.05, 0.1) is 5.52 Å². The zero-order chi connectivity index (χ0) is 18.5. The van der Waals surface area contributed by atoms with E-state index in [1.807, 2.05) is 50.2 Å². The van der Waals surface area contributed by atoms with Crippen LogP contribution in [0.5, 0.6) is 0 Å². The molecule has 0 unspecified atom stereocenters. The summed E-state index contributed by atoms with van der Waals surface area (Å²) in [6.07, 6.45) is 2.97. The average Bonchev–Trinajstić information content (AvgIpc) is 2.98. The van der Waals surface area contributed by atoms with Gasteiger partial charge in [-0.2, -0.15) is 0 Å². The second-order valence-corrected chi connectivity index (χ2v) is 7.80. The van der Waals surface area contributed by atoms with Gasteiger partial charge in [0.25, 0.3) is 0 Å². The Bertz CT molecular complexity index is 941. The number of Topliss-reactive ketones (excluding diaryl/α,β-unsaturated/α-hetero) is 1. The number of aryl methyl sites for hydroxylation is 2. The second kappa shape index (κ2) is 8.23. The van der Waals surface area contributed by atoms with E-state index in [9.17, 15) is 9.59 Å². The van der Waals surface area contributed by atoms with Crippen molar-refractivity contribution in [2.75, 3.05) is 6.54 Å². The van der Waals surface area contributed by atoms with E-state index >= 15 is 0 Å². The summed E-state index contributed by atoms with van der Waals surface area (Å²) < 4.78 is 0. The maximum Gasteiger partial charge on any atom is 0.220 e. The summed E-state index contributed by atoms with van der Waals surface area (Å²) in [4.78, 5) is 30.9. The number of amides is 1. The van der Waals surface area contributed by atoms with Crippen molar-refractivity contribution in [1.82, 2.24) is 10.3 Å². The van der Waals surface area contributed by atoms with Gasteiger partial charge in [-0.15, -0.1) is 11.3 Å². The Labute approximate surface area is 157 Å². The SMILES string of the molecule is Cc1cc(C(=O)CCC(=O)NCCc2cccc3cccnc23)c(C)s1. The fraction of sp³-hybridized carbons (Fsp3) is 0.286. The van der Waals surface area contributed by atoms with Crippen LogP contribution in [0.2, 0.25) is 0 Å². The maximum absolute atomic E-state index is 12.2. The molecule has 1 amide bonds. The number of thiophene rings is 1. The van der Waals surface area contributed by atoms with Gasteiger partial charge < -0.3 is 5.32 Å². The molecule has 0 aliphatic rings. The molecule has 1 aromatic carbocycles. The first kappa shape index (κ1) is 18.3. The van der Waals surface area contributed by atoms with Crippen LogP contribution in [0, 0.1) is 13.8 Å². The first-order chi connectivity index (χ1) is 12.5. The van der Waals surface area contributed by atoms with E-state index in [0.717, 1.165) is 38.2 Å². The lowest BCUT2D eigenvalue weighted by atomic mass is 10.1. The van der Waals surface area contributed by atoms with Gasteiger partial charge in [-0.05, 0) is 38.0 Å². The molecule has 3 aromatic rings. The normalized spacial score (nSPS) is 10.8. The fourth-order valence-electron chi connectivity index (χ4n) is 3.06. The summed E-state index contributed by atoms with van der Waals surface area (Å²) in [5.41, 5.74) is 2.84. The van der Waals surface area contributed by atoms with Crippen molar-refractivity contribution in [2.24, 2.45) is 0 Å². The fourth-order valence-corrected chi connectivity index (χ4v) is 4.01. The molecule has 0 aliphatic carbocycles. The first-order valence-corrected chi connectivity index (χ1v) is 9.56. The number of carbonyl (C=O) groups excluding carboxylic acids is 2. The number of hydrogen-bond donors (Lipinski definition) is 1. The lowest BCUT2D eigenvalue weighted by molar-refractivity contribution is -0.121. The van der Waals surface area contributed by atoms with Gasteiger partial charge in [0.1, 0.15) is 0 Å². The minimum absolute atomic E-state index is 0.0419. The Balaban J connectivity index is 1.48. The quantitative estimate of drug-likeness (QED) is 0.637. The monoisotopic (exact) mass is 366 g/mol. The summed E-state index contributed by atoms with van der Waals surface area (Å²) in [7, 11) is 0. The highest BCUT2D eigenvalue weighted by Gasteiger charge is 2.13. The summed E-state index contributed by atoms with van der Waals surface area (Å²) in [6, 6.07) is 11.9. The maximum atomic E-state index is 12.2. The van der Waals surface area contributed by atoms with Gasteiger partial charge in [0.15, 0.2) is 5.78 Å². The number of nitrogens with one attached hydrogen (secondary N) is 1. The highest BCUT2D eigenvalue weighted by Crippen LogP contribution is 2.22. The Morgan fingerprint density at radius 3 is 2.69 bits per heavy atom. The van der Waals surface area contributed by atoms with E-state index in [2.05, 4.69) is 10.3 Å². The number of fused-ring (bicyclic) bond motifs is 1. The van der Waals surface area contributed by atoms with Crippen molar-refractivity contribution in [3.8, 4) is 0 Å². The molecule has 5 heteroatoms. The van der Waals surface area contributed by atoms with Crippen molar-refractivity contribution in [3.05, 3.63) is 63.5 Å². The predicted molar refractivity (Wildman–Crippen MR) is 106 cm³/mol. The van der Waals surface area contributed by atoms with Gasteiger partial charge in [-0.1, -0.05) is 24.3 Å². The number of nitrogens with zero attached hydrogens (tertiary/aromatic N) is 1. The standard InChI is InChI=1S/C21H22N2O2S/c1-14-13-18(15(2)26-14)19(24)8-9-20(25)22-12-10-17-6-3-5-16-7-4-11-23-21(16)17/h3-7,11,13H,8-10,12H2,1-2H3,(H,22,25). The van der Waals surface area contributed by atoms with Crippen LogP contribution < -0.4 is 5.32 Å². The van der Waals surface area contributed by atoms with E-state index in [-0.39, 0.29) is 24.5 Å². The second-order valence-electron chi connectivity index (χ2n) is 6.34. The lowest BCUT2D eigenvalue weighted by Crippen LogP contribution is -2.26. The van der Waals surface area contributed by atoms with Crippen LogP contribution in [-0.2, 0) is 11.2 Å². The van der Waals surface area contributed by atoms with Crippen LogP contribution in [0.3, 0.4) is 0 Å². The molecule has 134 valence electrons. The van der Waals surface area contributed by atoms with Crippen molar-refractivity contribution in [3.63, 3.8) is 0 Å². The van der Waals surface area contributed by atoms with Crippen molar-refractivity contribution < 1.29 is 9.59 Å². The molecule has 2 heterocycles. The van der Waals surface area contributed by atoms with Gasteiger partial charge >= 0.3 is 0 Å². The third-order valence-corrected chi connectivity index (χ3v) is 5.32. The Morgan fingerprint density at radius 2 is 1.92 bits per heavy atom. The lowest BCUT2D eigenvalue weighted by Gasteiger charge is -2.07. The van der Waals surface area contributed by atoms with Crippen molar-refractivity contribution in [1.29, 1.82) is 0 Å². The molecule has 3 rings (SSSR count). The van der Waals surface area contributed by atoms with Gasteiger partial charge in [0.2, 0.25) is 5.91 Å². The average molecular weight is 366 g/mol. The Morgan fingerprint density at radius 1 is 1.12 bits per heavy atom. The smallest absolute Gasteiger partial charge is 0.220 e. The molecule has 26 heavy (non-hydrogen) atoms. The van der Waals surface area contributed by atoms with E-state index in [1.54, 1.807) is 17.5 Å². The van der Waals surface area contributed by atoms with Crippen molar-refractivity contribution >= 4 is 33.9 Å². The highest BCUT2D eigenvalue weighted by molar-refractivity contribution is 7.12. The van der Waals surface area contributed by atoms with Crippen LogP contribution in [0.4, 0.5) is 0 Å². The molecule has 0 spiro atoms. The number of carbonyl (C=O) groups is 2. The molecule has 2 aromatic heterocycles. The summed E-state index contributed by atoms with van der Waals surface area (Å²) >= 11 is 1.62. The number of ketones is 1. The van der Waals surface area contributed by atoms with Gasteiger partial charge in [-0.3, -0.25) is 14.6 Å². The van der Waals surface area contributed by atoms with Gasteiger partial charge in [0, 0.05) is 46.3 Å². The molecule has 0 saturated heterocycles. The predicted octanol–water partition coefficient (Wildman–Crippen LogP) is 4.23. The number of benzene rings is 1. The zero-order valence-electron chi connectivity index (χ0n) is 15.0. The van der Waals surface area contributed by atoms with Crippen LogP contribution >= 0.6 is 11.3 Å². The largest absolute Gasteiger partial charge is 0.356 e. The van der Waals surface area contributed by atoms with E-state index in [1.165, 1.54) is 0 Å². The Kier molecular flexibility index (Phi) is 5.78. The molecule has 0 fully saturated rings. The number of para-hydroxylation sites is 1. The van der Waals surface area contributed by atoms with E-state index in [4.69, 9.17) is 0 Å². The van der Waals surface area contributed by atoms with Crippen LogP contribution in [0.25, 0.3) is 10.9 Å². The third kappa shape index (κ3) is 4.35. The summed E-state index contributed by atoms with van der Waals surface area (Å²) in [5, 5.41) is 4.01. The molecular weight excluding hydrogens is 344 g/mol. The van der Waals surface area contributed by atoms with Crippen LogP contribution in [0.1, 0.15) is 38.5 Å². The summed E-state index contributed by atoms with van der Waals surface area (Å²) in [5.74, 6) is -0.0450. The molecule has 1 N–H and O–H groups in total. The minimum atomic E-state index is -0.0869. The van der Waals surface area contributed by atoms with Gasteiger partial charge in [-0.25, -0.2) is 0 Å². The van der Waals surface area contributed by atoms with E-state index < -0.39 is 0 Å². The molecule has 0 aliphatic heterocycles. The molecule has 0 saturated carbocycles. The number of aromatic nitrogens is 1. The molecular formula is C21H22N2O2S. The molecule has 0 bridgehead atoms. The minimum Gasteiger partial charge on any atom is -0.356 e. The molecule has 4 nitrogen and oxygen atoms in total. The third-order valence-electron chi connectivity index (χ3n) is 4.35. The summed E-state index contributed by atoms with van der Waals surface area (Å²) in [6.45, 7) is 4.48. The number of rotatable bonds is 7. The number of pyridine rings is 1.